The molecule has 2 N–H and O–H groups in total. The second-order valence-corrected chi connectivity index (χ2v) is 4.70. The van der Waals surface area contributed by atoms with E-state index in [2.05, 4.69) is 5.32 Å². The summed E-state index contributed by atoms with van der Waals surface area (Å²) in [5.74, 6) is 0.813. The number of carbonyl (C=O) groups is 1. The molecule has 22 heavy (non-hydrogen) atoms. The number of benzene rings is 2. The molecule has 0 saturated heterocycles. The molecule has 0 saturated carbocycles. The summed E-state index contributed by atoms with van der Waals surface area (Å²) < 4.78 is 5.56. The Morgan fingerprint density at radius 1 is 1.27 bits per heavy atom. The first-order chi connectivity index (χ1) is 10.5. The van der Waals surface area contributed by atoms with Crippen molar-refractivity contribution < 1.29 is 19.6 Å². The minimum absolute atomic E-state index is 0.188. The van der Waals surface area contributed by atoms with Crippen molar-refractivity contribution in [3.05, 3.63) is 63.2 Å². The van der Waals surface area contributed by atoms with Gasteiger partial charge in [-0.2, -0.15) is 0 Å². The lowest BCUT2D eigenvalue weighted by Gasteiger charge is -2.09. The Bertz CT molecular complexity index is 720. The predicted octanol–water partition coefficient (Wildman–Crippen LogP) is 3.81. The Morgan fingerprint density at radius 2 is 2.00 bits per heavy atom. The highest BCUT2D eigenvalue weighted by Gasteiger charge is 2.15. The van der Waals surface area contributed by atoms with Crippen LogP contribution in [0.15, 0.2) is 42.5 Å². The molecule has 0 spiro atoms. The van der Waals surface area contributed by atoms with Gasteiger partial charge in [-0.25, -0.2) is 4.79 Å². The van der Waals surface area contributed by atoms with E-state index in [1.165, 1.54) is 18.2 Å². The van der Waals surface area contributed by atoms with Crippen molar-refractivity contribution in [1.82, 2.24) is 5.32 Å². The zero-order valence-electron chi connectivity index (χ0n) is 11.2. The summed E-state index contributed by atoms with van der Waals surface area (Å²) in [6, 6.07) is 10.8. The normalized spacial score (nSPS) is 10.0. The first-order valence-corrected chi connectivity index (χ1v) is 6.51. The van der Waals surface area contributed by atoms with Crippen LogP contribution in [0.4, 0.5) is 10.5 Å². The molecule has 114 valence electrons. The molecular formula is C14H11ClN2O5. The van der Waals surface area contributed by atoms with Gasteiger partial charge in [0.05, 0.1) is 17.0 Å². The van der Waals surface area contributed by atoms with Crippen LogP contribution in [0.2, 0.25) is 5.02 Å². The first-order valence-electron chi connectivity index (χ1n) is 6.13. The molecule has 8 heteroatoms. The van der Waals surface area contributed by atoms with Gasteiger partial charge in [-0.3, -0.25) is 10.1 Å². The number of hydrogen-bond acceptors (Lipinski definition) is 4. The number of hydrogen-bond donors (Lipinski definition) is 2. The molecule has 0 atom stereocenters. The standard InChI is InChI=1S/C14H11ClN2O5/c15-10-2-1-3-11(7-10)22-12-4-5-13(17(20)21)9(6-12)8-16-14(18)19/h1-7,16H,8H2,(H,18,19). The van der Waals surface area contributed by atoms with Gasteiger partial charge in [0.15, 0.2) is 0 Å². The van der Waals surface area contributed by atoms with Crippen molar-refractivity contribution in [2.75, 3.05) is 0 Å². The smallest absolute Gasteiger partial charge is 0.404 e. The third-order valence-electron chi connectivity index (χ3n) is 2.71. The molecule has 1 amide bonds. The Labute approximate surface area is 130 Å². The van der Waals surface area contributed by atoms with Crippen LogP contribution in [0.5, 0.6) is 11.5 Å². The van der Waals surface area contributed by atoms with Gasteiger partial charge in [0, 0.05) is 11.1 Å². The van der Waals surface area contributed by atoms with E-state index in [0.717, 1.165) is 0 Å². The van der Waals surface area contributed by atoms with Crippen LogP contribution in [-0.2, 0) is 6.54 Å². The monoisotopic (exact) mass is 322 g/mol. The number of nitrogens with zero attached hydrogens (tertiary/aromatic N) is 1. The van der Waals surface area contributed by atoms with Crippen LogP contribution in [0.1, 0.15) is 5.56 Å². The molecule has 0 heterocycles. The molecule has 0 bridgehead atoms. The highest BCUT2D eigenvalue weighted by Crippen LogP contribution is 2.28. The molecule has 0 unspecified atom stereocenters. The maximum Gasteiger partial charge on any atom is 0.404 e. The van der Waals surface area contributed by atoms with Crippen molar-refractivity contribution in [1.29, 1.82) is 0 Å². The number of halogens is 1. The predicted molar refractivity (Wildman–Crippen MR) is 79.5 cm³/mol. The van der Waals surface area contributed by atoms with E-state index < -0.39 is 11.0 Å². The molecular weight excluding hydrogens is 312 g/mol. The third kappa shape index (κ3) is 4.10. The van der Waals surface area contributed by atoms with E-state index in [4.69, 9.17) is 21.4 Å². The van der Waals surface area contributed by atoms with Gasteiger partial charge >= 0.3 is 6.09 Å². The summed E-state index contributed by atoms with van der Waals surface area (Å²) in [5, 5.41) is 22.2. The Hall–Kier alpha value is -2.80. The van der Waals surface area contributed by atoms with Gasteiger partial charge in [-0.1, -0.05) is 17.7 Å². The fraction of sp³-hybridized carbons (Fsp3) is 0.0714. The number of amides is 1. The lowest BCUT2D eigenvalue weighted by atomic mass is 10.1. The minimum atomic E-state index is -1.27. The molecule has 7 nitrogen and oxygen atoms in total. The first kappa shape index (κ1) is 15.6. The molecule has 0 fully saturated rings. The minimum Gasteiger partial charge on any atom is -0.465 e. The number of nitrogens with one attached hydrogen (secondary N) is 1. The van der Waals surface area contributed by atoms with Gasteiger partial charge in [-0.15, -0.1) is 0 Å². The maximum absolute atomic E-state index is 11.0. The number of ether oxygens (including phenoxy) is 1. The summed E-state index contributed by atoms with van der Waals surface area (Å²) in [6.07, 6.45) is -1.27. The maximum atomic E-state index is 11.0. The van der Waals surface area contributed by atoms with Crippen LogP contribution in [0.25, 0.3) is 0 Å². The second kappa shape index (κ2) is 6.77. The van der Waals surface area contributed by atoms with Gasteiger partial charge in [0.1, 0.15) is 11.5 Å². The fourth-order valence-corrected chi connectivity index (χ4v) is 1.96. The van der Waals surface area contributed by atoms with Crippen LogP contribution in [-0.4, -0.2) is 16.1 Å². The van der Waals surface area contributed by atoms with Crippen LogP contribution < -0.4 is 10.1 Å². The fourth-order valence-electron chi connectivity index (χ4n) is 1.78. The summed E-state index contributed by atoms with van der Waals surface area (Å²) in [5.41, 5.74) is 0.0131. The van der Waals surface area contributed by atoms with E-state index in [9.17, 15) is 14.9 Å². The SMILES string of the molecule is O=C(O)NCc1cc(Oc2cccc(Cl)c2)ccc1[N+](=O)[O-]. The highest BCUT2D eigenvalue weighted by molar-refractivity contribution is 6.30. The second-order valence-electron chi connectivity index (χ2n) is 4.27. The lowest BCUT2D eigenvalue weighted by Crippen LogP contribution is -2.20. The Morgan fingerprint density at radius 3 is 2.64 bits per heavy atom. The number of nitro groups is 1. The molecule has 0 radical (unpaired) electrons. The third-order valence-corrected chi connectivity index (χ3v) is 2.94. The summed E-state index contributed by atoms with van der Waals surface area (Å²) in [4.78, 5) is 20.9. The lowest BCUT2D eigenvalue weighted by molar-refractivity contribution is -0.385. The van der Waals surface area contributed by atoms with E-state index in [1.54, 1.807) is 24.3 Å². The van der Waals surface area contributed by atoms with Crippen molar-refractivity contribution in [3.63, 3.8) is 0 Å². The molecule has 0 aromatic heterocycles. The zero-order valence-corrected chi connectivity index (χ0v) is 11.9. The van der Waals surface area contributed by atoms with E-state index in [-0.39, 0.29) is 17.8 Å². The summed E-state index contributed by atoms with van der Waals surface area (Å²) in [7, 11) is 0. The molecule has 0 aliphatic heterocycles. The van der Waals surface area contributed by atoms with Crippen molar-refractivity contribution >= 4 is 23.4 Å². The van der Waals surface area contributed by atoms with Crippen LogP contribution in [0, 0.1) is 10.1 Å². The molecule has 0 aliphatic rings. The van der Waals surface area contributed by atoms with Crippen LogP contribution >= 0.6 is 11.6 Å². The number of rotatable bonds is 5. The number of carboxylic acid groups (broad SMARTS) is 1. The average molecular weight is 323 g/mol. The molecule has 2 aromatic carbocycles. The molecule has 2 rings (SSSR count). The Balaban J connectivity index is 2.27. The van der Waals surface area contributed by atoms with Crippen molar-refractivity contribution in [2.24, 2.45) is 0 Å². The Kier molecular flexibility index (Phi) is 4.80. The van der Waals surface area contributed by atoms with E-state index in [0.29, 0.717) is 16.5 Å². The van der Waals surface area contributed by atoms with Gasteiger partial charge < -0.3 is 15.2 Å². The number of nitro benzene ring substituents is 1. The average Bonchev–Trinajstić information content (AvgIpc) is 2.45. The topological polar surface area (TPSA) is 102 Å². The van der Waals surface area contributed by atoms with Gasteiger partial charge in [0.2, 0.25) is 0 Å². The quantitative estimate of drug-likeness (QED) is 0.643. The van der Waals surface area contributed by atoms with Gasteiger partial charge in [-0.05, 0) is 30.3 Å². The van der Waals surface area contributed by atoms with E-state index in [1.807, 2.05) is 0 Å². The molecule has 0 aliphatic carbocycles. The largest absolute Gasteiger partial charge is 0.465 e. The van der Waals surface area contributed by atoms with Gasteiger partial charge in [0.25, 0.3) is 5.69 Å². The van der Waals surface area contributed by atoms with Crippen molar-refractivity contribution in [3.8, 4) is 11.5 Å². The summed E-state index contributed by atoms with van der Waals surface area (Å²) in [6.45, 7) is -0.196. The zero-order chi connectivity index (χ0) is 16.1. The molecule has 2 aromatic rings. The summed E-state index contributed by atoms with van der Waals surface area (Å²) >= 11 is 5.85. The van der Waals surface area contributed by atoms with E-state index >= 15 is 0 Å². The van der Waals surface area contributed by atoms with Crippen molar-refractivity contribution in [2.45, 2.75) is 6.54 Å². The van der Waals surface area contributed by atoms with Crippen LogP contribution in [0.3, 0.4) is 0 Å². The highest BCUT2D eigenvalue weighted by atomic mass is 35.5.